The zero-order valence-corrected chi connectivity index (χ0v) is 9.38. The second-order valence-corrected chi connectivity index (χ2v) is 4.20. The standard InChI is InChI=1S/C10H16F3NO2/c1-7(9(15)16-2)5-14(8-3-4-8)6-10(11,12)13/h7-8H,3-6H2,1-2H3. The number of hydrogen-bond donors (Lipinski definition) is 0. The Kier molecular flexibility index (Phi) is 4.18. The molecular weight excluding hydrogens is 223 g/mol. The highest BCUT2D eigenvalue weighted by Crippen LogP contribution is 2.30. The number of esters is 1. The summed E-state index contributed by atoms with van der Waals surface area (Å²) in [5.41, 5.74) is 0. The van der Waals surface area contributed by atoms with Gasteiger partial charge in [-0.05, 0) is 12.8 Å². The summed E-state index contributed by atoms with van der Waals surface area (Å²) in [5.74, 6) is -0.985. The molecule has 1 fully saturated rings. The number of carbonyl (C=O) groups is 1. The molecule has 1 aliphatic carbocycles. The van der Waals surface area contributed by atoms with E-state index in [0.717, 1.165) is 12.8 Å². The Morgan fingerprint density at radius 2 is 2.06 bits per heavy atom. The van der Waals surface area contributed by atoms with Gasteiger partial charge in [-0.2, -0.15) is 13.2 Å². The smallest absolute Gasteiger partial charge is 0.401 e. The molecule has 0 aliphatic heterocycles. The molecule has 3 nitrogen and oxygen atoms in total. The lowest BCUT2D eigenvalue weighted by Gasteiger charge is -2.25. The van der Waals surface area contributed by atoms with Gasteiger partial charge in [0.2, 0.25) is 0 Å². The maximum atomic E-state index is 12.3. The number of methoxy groups -OCH3 is 1. The zero-order chi connectivity index (χ0) is 12.3. The molecule has 0 aromatic rings. The summed E-state index contributed by atoms with van der Waals surface area (Å²) >= 11 is 0. The maximum absolute atomic E-state index is 12.3. The minimum Gasteiger partial charge on any atom is -0.469 e. The molecule has 0 amide bonds. The third-order valence-corrected chi connectivity index (χ3v) is 2.56. The molecule has 94 valence electrons. The minimum absolute atomic E-state index is 0.0197. The summed E-state index contributed by atoms with van der Waals surface area (Å²) < 4.78 is 41.3. The van der Waals surface area contributed by atoms with Gasteiger partial charge < -0.3 is 4.74 Å². The van der Waals surface area contributed by atoms with Crippen LogP contribution in [0.2, 0.25) is 0 Å². The monoisotopic (exact) mass is 239 g/mol. The predicted octanol–water partition coefficient (Wildman–Crippen LogP) is 1.82. The largest absolute Gasteiger partial charge is 0.469 e. The number of halogens is 3. The molecule has 1 rings (SSSR count). The highest BCUT2D eigenvalue weighted by Gasteiger charge is 2.39. The third-order valence-electron chi connectivity index (χ3n) is 2.56. The number of hydrogen-bond acceptors (Lipinski definition) is 3. The Labute approximate surface area is 92.5 Å². The normalized spacial score (nSPS) is 18.6. The van der Waals surface area contributed by atoms with E-state index in [1.807, 2.05) is 0 Å². The van der Waals surface area contributed by atoms with Gasteiger partial charge >= 0.3 is 12.1 Å². The number of ether oxygens (including phenoxy) is 1. The zero-order valence-electron chi connectivity index (χ0n) is 9.38. The fourth-order valence-electron chi connectivity index (χ4n) is 1.64. The molecule has 0 aromatic heterocycles. The van der Waals surface area contributed by atoms with Crippen LogP contribution in [0.1, 0.15) is 19.8 Å². The number of rotatable bonds is 5. The first kappa shape index (κ1) is 13.3. The second-order valence-electron chi connectivity index (χ2n) is 4.20. The molecule has 0 N–H and O–H groups in total. The van der Waals surface area contributed by atoms with E-state index in [1.165, 1.54) is 12.0 Å². The minimum atomic E-state index is -4.21. The summed E-state index contributed by atoms with van der Waals surface area (Å²) in [6, 6.07) is -0.0197. The molecule has 1 unspecified atom stereocenters. The van der Waals surface area contributed by atoms with Crippen molar-refractivity contribution in [3.63, 3.8) is 0 Å². The van der Waals surface area contributed by atoms with Crippen molar-refractivity contribution in [2.24, 2.45) is 5.92 Å². The van der Waals surface area contributed by atoms with Crippen LogP contribution in [0.15, 0.2) is 0 Å². The van der Waals surface area contributed by atoms with E-state index in [1.54, 1.807) is 6.92 Å². The molecule has 0 aromatic carbocycles. The lowest BCUT2D eigenvalue weighted by Crippen LogP contribution is -2.40. The lowest BCUT2D eigenvalue weighted by atomic mass is 10.1. The Hall–Kier alpha value is -0.780. The van der Waals surface area contributed by atoms with Crippen LogP contribution in [0.5, 0.6) is 0 Å². The summed E-state index contributed by atoms with van der Waals surface area (Å²) in [4.78, 5) is 12.4. The molecule has 0 saturated heterocycles. The van der Waals surface area contributed by atoms with Crippen molar-refractivity contribution in [1.82, 2.24) is 4.90 Å². The van der Waals surface area contributed by atoms with E-state index in [0.29, 0.717) is 0 Å². The predicted molar refractivity (Wildman–Crippen MR) is 51.8 cm³/mol. The van der Waals surface area contributed by atoms with Gasteiger partial charge in [0.1, 0.15) is 0 Å². The van der Waals surface area contributed by atoms with E-state index in [-0.39, 0.29) is 12.6 Å². The third kappa shape index (κ3) is 4.38. The Morgan fingerprint density at radius 3 is 2.44 bits per heavy atom. The van der Waals surface area contributed by atoms with Crippen LogP contribution in [-0.2, 0) is 9.53 Å². The summed E-state index contributed by atoms with van der Waals surface area (Å²) in [7, 11) is 1.24. The highest BCUT2D eigenvalue weighted by molar-refractivity contribution is 5.72. The van der Waals surface area contributed by atoms with Gasteiger partial charge in [0.25, 0.3) is 0 Å². The average molecular weight is 239 g/mol. The summed E-state index contributed by atoms with van der Waals surface area (Å²) in [5, 5.41) is 0. The first-order valence-corrected chi connectivity index (χ1v) is 5.22. The number of nitrogens with zero attached hydrogens (tertiary/aromatic N) is 1. The Balaban J connectivity index is 2.48. The molecule has 0 radical (unpaired) electrons. The molecule has 0 spiro atoms. The second kappa shape index (κ2) is 5.03. The maximum Gasteiger partial charge on any atom is 0.401 e. The van der Waals surface area contributed by atoms with Gasteiger partial charge in [-0.15, -0.1) is 0 Å². The van der Waals surface area contributed by atoms with Gasteiger partial charge in [0, 0.05) is 12.6 Å². The molecular formula is C10H16F3NO2. The van der Waals surface area contributed by atoms with Gasteiger partial charge in [0.05, 0.1) is 19.6 Å². The fourth-order valence-corrected chi connectivity index (χ4v) is 1.64. The molecule has 1 aliphatic rings. The van der Waals surface area contributed by atoms with Crippen LogP contribution < -0.4 is 0 Å². The van der Waals surface area contributed by atoms with E-state index < -0.39 is 24.6 Å². The van der Waals surface area contributed by atoms with E-state index in [2.05, 4.69) is 4.74 Å². The SMILES string of the molecule is COC(=O)C(C)CN(CC(F)(F)F)C1CC1. The van der Waals surface area contributed by atoms with Crippen LogP contribution >= 0.6 is 0 Å². The molecule has 0 heterocycles. The van der Waals surface area contributed by atoms with Gasteiger partial charge in [-0.3, -0.25) is 9.69 Å². The lowest BCUT2D eigenvalue weighted by molar-refractivity contribution is -0.155. The number of carbonyl (C=O) groups excluding carboxylic acids is 1. The van der Waals surface area contributed by atoms with Crippen molar-refractivity contribution in [3.8, 4) is 0 Å². The molecule has 16 heavy (non-hydrogen) atoms. The molecule has 6 heteroatoms. The Bertz CT molecular complexity index is 251. The quantitative estimate of drug-likeness (QED) is 0.685. The van der Waals surface area contributed by atoms with Gasteiger partial charge in [0.15, 0.2) is 0 Å². The number of alkyl halides is 3. The topological polar surface area (TPSA) is 29.5 Å². The van der Waals surface area contributed by atoms with Gasteiger partial charge in [-0.1, -0.05) is 6.92 Å². The van der Waals surface area contributed by atoms with Crippen molar-refractivity contribution in [2.75, 3.05) is 20.2 Å². The van der Waals surface area contributed by atoms with Gasteiger partial charge in [-0.25, -0.2) is 0 Å². The summed E-state index contributed by atoms with van der Waals surface area (Å²) in [6.07, 6.45) is -2.65. The van der Waals surface area contributed by atoms with E-state index >= 15 is 0 Å². The first-order chi connectivity index (χ1) is 7.33. The molecule has 1 saturated carbocycles. The van der Waals surface area contributed by atoms with Crippen molar-refractivity contribution in [3.05, 3.63) is 0 Å². The summed E-state index contributed by atoms with van der Waals surface area (Å²) in [6.45, 7) is 0.743. The van der Waals surface area contributed by atoms with Crippen molar-refractivity contribution in [2.45, 2.75) is 32.0 Å². The first-order valence-electron chi connectivity index (χ1n) is 5.22. The van der Waals surface area contributed by atoms with E-state index in [9.17, 15) is 18.0 Å². The molecule has 1 atom stereocenters. The van der Waals surface area contributed by atoms with Crippen LogP contribution in [0.4, 0.5) is 13.2 Å². The van der Waals surface area contributed by atoms with Crippen molar-refractivity contribution in [1.29, 1.82) is 0 Å². The van der Waals surface area contributed by atoms with Crippen LogP contribution in [0.25, 0.3) is 0 Å². The van der Waals surface area contributed by atoms with E-state index in [4.69, 9.17) is 0 Å². The fraction of sp³-hybridized carbons (Fsp3) is 0.900. The Morgan fingerprint density at radius 1 is 1.50 bits per heavy atom. The molecule has 0 bridgehead atoms. The van der Waals surface area contributed by atoms with Crippen molar-refractivity contribution >= 4 is 5.97 Å². The van der Waals surface area contributed by atoms with Crippen LogP contribution in [-0.4, -0.2) is 43.3 Å². The van der Waals surface area contributed by atoms with Crippen molar-refractivity contribution < 1.29 is 22.7 Å². The van der Waals surface area contributed by atoms with Crippen LogP contribution in [0, 0.1) is 5.92 Å². The van der Waals surface area contributed by atoms with Crippen LogP contribution in [0.3, 0.4) is 0 Å². The average Bonchev–Trinajstić information content (AvgIpc) is 2.96. The highest BCUT2D eigenvalue weighted by atomic mass is 19.4.